The monoisotopic (exact) mass is 433 g/mol. The number of aryl methyl sites for hydroxylation is 2. The summed E-state index contributed by atoms with van der Waals surface area (Å²) in [7, 11) is 0. The SMILES string of the molecule is CCOc1cc(CBr)cc(Br)c1OCc1nc(C)c(C)s1. The Morgan fingerprint density at radius 1 is 1.24 bits per heavy atom. The van der Waals surface area contributed by atoms with Gasteiger partial charge in [-0.1, -0.05) is 15.9 Å². The number of nitrogens with zero attached hydrogens (tertiary/aromatic N) is 1. The van der Waals surface area contributed by atoms with Crippen LogP contribution in [0.2, 0.25) is 0 Å². The Morgan fingerprint density at radius 3 is 2.57 bits per heavy atom. The second-order valence-corrected chi connectivity index (χ2v) is 7.21. The van der Waals surface area contributed by atoms with Gasteiger partial charge in [-0.15, -0.1) is 11.3 Å². The molecule has 0 bridgehead atoms. The molecular formula is C15H17Br2NO2S. The van der Waals surface area contributed by atoms with E-state index in [9.17, 15) is 0 Å². The van der Waals surface area contributed by atoms with Gasteiger partial charge in [0.05, 0.1) is 16.8 Å². The second kappa shape index (κ2) is 7.61. The fourth-order valence-electron chi connectivity index (χ4n) is 1.84. The maximum absolute atomic E-state index is 5.94. The van der Waals surface area contributed by atoms with Crippen LogP contribution in [0.25, 0.3) is 0 Å². The number of aromatic nitrogens is 1. The molecule has 1 aromatic carbocycles. The van der Waals surface area contributed by atoms with Crippen molar-refractivity contribution in [2.75, 3.05) is 6.61 Å². The summed E-state index contributed by atoms with van der Waals surface area (Å²) < 4.78 is 12.5. The van der Waals surface area contributed by atoms with Gasteiger partial charge in [0.2, 0.25) is 0 Å². The van der Waals surface area contributed by atoms with Gasteiger partial charge < -0.3 is 9.47 Å². The zero-order chi connectivity index (χ0) is 15.4. The van der Waals surface area contributed by atoms with Crippen molar-refractivity contribution in [2.24, 2.45) is 0 Å². The smallest absolute Gasteiger partial charge is 0.175 e. The lowest BCUT2D eigenvalue weighted by Gasteiger charge is -2.14. The standard InChI is InChI=1S/C15H17Br2NO2S/c1-4-19-13-6-11(7-16)5-12(17)15(13)20-8-14-18-9(2)10(3)21-14/h5-6H,4,7-8H2,1-3H3. The molecule has 0 aliphatic rings. The van der Waals surface area contributed by atoms with Crippen LogP contribution in [0.4, 0.5) is 0 Å². The molecule has 0 fully saturated rings. The van der Waals surface area contributed by atoms with Crippen LogP contribution >= 0.6 is 43.2 Å². The van der Waals surface area contributed by atoms with Crippen LogP contribution in [0, 0.1) is 13.8 Å². The molecular weight excluding hydrogens is 418 g/mol. The van der Waals surface area contributed by atoms with Gasteiger partial charge in [0.15, 0.2) is 11.5 Å². The Hall–Kier alpha value is -0.590. The summed E-state index contributed by atoms with van der Waals surface area (Å²) in [6, 6.07) is 4.03. The molecule has 0 aliphatic carbocycles. The Balaban J connectivity index is 2.21. The zero-order valence-corrected chi connectivity index (χ0v) is 16.2. The first kappa shape index (κ1) is 16.8. The van der Waals surface area contributed by atoms with E-state index in [-0.39, 0.29) is 0 Å². The number of hydrogen-bond donors (Lipinski definition) is 0. The van der Waals surface area contributed by atoms with E-state index < -0.39 is 0 Å². The van der Waals surface area contributed by atoms with Gasteiger partial charge >= 0.3 is 0 Å². The fraction of sp³-hybridized carbons (Fsp3) is 0.400. The van der Waals surface area contributed by atoms with E-state index in [4.69, 9.17) is 9.47 Å². The summed E-state index contributed by atoms with van der Waals surface area (Å²) in [5.74, 6) is 1.48. The topological polar surface area (TPSA) is 31.4 Å². The van der Waals surface area contributed by atoms with Crippen molar-refractivity contribution in [1.29, 1.82) is 0 Å². The molecule has 0 radical (unpaired) electrons. The third-order valence-electron chi connectivity index (χ3n) is 2.94. The highest BCUT2D eigenvalue weighted by Gasteiger charge is 2.13. The van der Waals surface area contributed by atoms with Crippen molar-refractivity contribution >= 4 is 43.2 Å². The summed E-state index contributed by atoms with van der Waals surface area (Å²) in [5.41, 5.74) is 2.20. The third-order valence-corrected chi connectivity index (χ3v) is 5.22. The number of hydrogen-bond acceptors (Lipinski definition) is 4. The van der Waals surface area contributed by atoms with E-state index in [1.165, 1.54) is 4.88 Å². The maximum Gasteiger partial charge on any atom is 0.175 e. The number of thiazole rings is 1. The number of halogens is 2. The van der Waals surface area contributed by atoms with Crippen LogP contribution in [0.1, 0.15) is 28.1 Å². The van der Waals surface area contributed by atoms with Crippen molar-refractivity contribution in [3.8, 4) is 11.5 Å². The first-order valence-electron chi connectivity index (χ1n) is 6.62. The average Bonchev–Trinajstić information content (AvgIpc) is 2.77. The van der Waals surface area contributed by atoms with E-state index in [0.717, 1.165) is 37.6 Å². The van der Waals surface area contributed by atoms with Crippen LogP contribution in [-0.4, -0.2) is 11.6 Å². The second-order valence-electron chi connectivity index (χ2n) is 4.51. The number of ether oxygens (including phenoxy) is 2. The lowest BCUT2D eigenvalue weighted by Crippen LogP contribution is -2.01. The number of benzene rings is 1. The summed E-state index contributed by atoms with van der Waals surface area (Å²) in [4.78, 5) is 5.72. The van der Waals surface area contributed by atoms with Gasteiger partial charge in [-0.25, -0.2) is 4.98 Å². The predicted octanol–water partition coefficient (Wildman–Crippen LogP) is 5.40. The largest absolute Gasteiger partial charge is 0.490 e. The van der Waals surface area contributed by atoms with E-state index in [1.807, 2.05) is 26.0 Å². The summed E-state index contributed by atoms with van der Waals surface area (Å²) >= 11 is 8.69. The average molecular weight is 435 g/mol. The summed E-state index contributed by atoms with van der Waals surface area (Å²) in [6.07, 6.45) is 0. The van der Waals surface area contributed by atoms with Gasteiger partial charge in [-0.3, -0.25) is 0 Å². The molecule has 0 amide bonds. The maximum atomic E-state index is 5.94. The molecule has 0 saturated heterocycles. The Labute approximate surface area is 146 Å². The van der Waals surface area contributed by atoms with Crippen molar-refractivity contribution < 1.29 is 9.47 Å². The lowest BCUT2D eigenvalue weighted by molar-refractivity contribution is 0.267. The summed E-state index contributed by atoms with van der Waals surface area (Å²) in [5, 5.41) is 1.75. The highest BCUT2D eigenvalue weighted by Crippen LogP contribution is 2.38. The highest BCUT2D eigenvalue weighted by molar-refractivity contribution is 9.10. The van der Waals surface area contributed by atoms with E-state index in [2.05, 4.69) is 43.8 Å². The number of alkyl halides is 1. The first-order valence-corrected chi connectivity index (χ1v) is 9.35. The molecule has 2 rings (SSSR count). The minimum absolute atomic E-state index is 0.450. The van der Waals surface area contributed by atoms with Gasteiger partial charge in [-0.2, -0.15) is 0 Å². The van der Waals surface area contributed by atoms with Crippen LogP contribution < -0.4 is 9.47 Å². The molecule has 0 atom stereocenters. The van der Waals surface area contributed by atoms with E-state index in [0.29, 0.717) is 13.2 Å². The summed E-state index contributed by atoms with van der Waals surface area (Å²) in [6.45, 7) is 7.10. The Morgan fingerprint density at radius 2 is 2.00 bits per heavy atom. The van der Waals surface area contributed by atoms with Crippen LogP contribution in [0.5, 0.6) is 11.5 Å². The molecule has 1 heterocycles. The van der Waals surface area contributed by atoms with Crippen molar-refractivity contribution in [1.82, 2.24) is 4.98 Å². The molecule has 1 aromatic heterocycles. The lowest BCUT2D eigenvalue weighted by atomic mass is 10.2. The number of rotatable bonds is 6. The van der Waals surface area contributed by atoms with Crippen molar-refractivity contribution in [2.45, 2.75) is 32.7 Å². The minimum atomic E-state index is 0.450. The van der Waals surface area contributed by atoms with E-state index in [1.54, 1.807) is 11.3 Å². The van der Waals surface area contributed by atoms with Crippen molar-refractivity contribution in [3.63, 3.8) is 0 Å². The molecule has 6 heteroatoms. The van der Waals surface area contributed by atoms with Crippen LogP contribution in [-0.2, 0) is 11.9 Å². The normalized spacial score (nSPS) is 10.7. The predicted molar refractivity (Wildman–Crippen MR) is 93.9 cm³/mol. The van der Waals surface area contributed by atoms with Crippen LogP contribution in [0.3, 0.4) is 0 Å². The van der Waals surface area contributed by atoms with Gasteiger partial charge in [0, 0.05) is 10.2 Å². The van der Waals surface area contributed by atoms with Gasteiger partial charge in [0.1, 0.15) is 11.6 Å². The molecule has 21 heavy (non-hydrogen) atoms. The Bertz CT molecular complexity index is 609. The third kappa shape index (κ3) is 4.20. The van der Waals surface area contributed by atoms with Crippen molar-refractivity contribution in [3.05, 3.63) is 37.7 Å². The molecule has 0 spiro atoms. The fourth-order valence-corrected chi connectivity index (χ4v) is 3.61. The van der Waals surface area contributed by atoms with Crippen LogP contribution in [0.15, 0.2) is 16.6 Å². The highest BCUT2D eigenvalue weighted by atomic mass is 79.9. The molecule has 0 saturated carbocycles. The zero-order valence-electron chi connectivity index (χ0n) is 12.2. The van der Waals surface area contributed by atoms with Gasteiger partial charge in [-0.05, 0) is 54.4 Å². The molecule has 0 aliphatic heterocycles. The molecule has 3 nitrogen and oxygen atoms in total. The molecule has 0 N–H and O–H groups in total. The Kier molecular flexibility index (Phi) is 6.08. The molecule has 114 valence electrons. The quantitative estimate of drug-likeness (QED) is 0.570. The first-order chi connectivity index (χ1) is 10.0. The molecule has 0 unspecified atom stereocenters. The van der Waals surface area contributed by atoms with E-state index >= 15 is 0 Å². The molecule has 2 aromatic rings. The van der Waals surface area contributed by atoms with Gasteiger partial charge in [0.25, 0.3) is 0 Å². The minimum Gasteiger partial charge on any atom is -0.490 e.